The molecule has 5 nitrogen and oxygen atoms in total. The summed E-state index contributed by atoms with van der Waals surface area (Å²) in [4.78, 5) is 28.8. The van der Waals surface area contributed by atoms with Gasteiger partial charge in [-0.05, 0) is 46.7 Å². The molecule has 8 heteroatoms. The number of aromatic nitrogens is 2. The molecule has 0 atom stereocenters. The largest absolute Gasteiger partial charge is 0.478 e. The van der Waals surface area contributed by atoms with Crippen molar-refractivity contribution in [3.05, 3.63) is 59.8 Å². The van der Waals surface area contributed by atoms with Crippen LogP contribution in [0.15, 0.2) is 23.0 Å². The number of aryl methyl sites for hydroxylation is 1. The Morgan fingerprint density at radius 2 is 2.16 bits per heavy atom. The van der Waals surface area contributed by atoms with Gasteiger partial charge in [0.1, 0.15) is 21.6 Å². The number of hydrogen-bond donors (Lipinski definition) is 1. The lowest BCUT2D eigenvalue weighted by Gasteiger charge is -2.13. The third-order valence-electron chi connectivity index (χ3n) is 3.99. The van der Waals surface area contributed by atoms with Crippen molar-refractivity contribution in [2.24, 2.45) is 7.05 Å². The molecule has 1 aromatic carbocycles. The molecule has 25 heavy (non-hydrogen) atoms. The standard InChI is InChI=1S/C17H14FIN2O3S/c1-3-12-20-14-13(17(23)24)11(21(2)16(22)15(14)25-12)6-8-4-5-9(19)7-10(8)18/h4-5,7H,3,6H2,1-2H3,(H,23,24). The van der Waals surface area contributed by atoms with E-state index in [9.17, 15) is 19.1 Å². The number of pyridine rings is 1. The van der Waals surface area contributed by atoms with Gasteiger partial charge in [0.15, 0.2) is 0 Å². The van der Waals surface area contributed by atoms with Crippen LogP contribution in [-0.4, -0.2) is 20.6 Å². The van der Waals surface area contributed by atoms with Gasteiger partial charge in [-0.25, -0.2) is 14.2 Å². The van der Waals surface area contributed by atoms with Crippen molar-refractivity contribution in [3.63, 3.8) is 0 Å². The van der Waals surface area contributed by atoms with E-state index in [1.165, 1.54) is 29.0 Å². The van der Waals surface area contributed by atoms with Crippen LogP contribution in [0.5, 0.6) is 0 Å². The number of benzene rings is 1. The first kappa shape index (κ1) is 18.0. The maximum Gasteiger partial charge on any atom is 0.339 e. The van der Waals surface area contributed by atoms with Crippen LogP contribution in [0.25, 0.3) is 10.2 Å². The highest BCUT2D eigenvalue weighted by molar-refractivity contribution is 14.1. The van der Waals surface area contributed by atoms with Gasteiger partial charge in [-0.2, -0.15) is 0 Å². The molecule has 0 fully saturated rings. The van der Waals surface area contributed by atoms with Gasteiger partial charge in [0.2, 0.25) is 0 Å². The van der Waals surface area contributed by atoms with Crippen LogP contribution in [0, 0.1) is 9.39 Å². The Balaban J connectivity index is 2.29. The number of halogens is 2. The number of rotatable bonds is 4. The van der Waals surface area contributed by atoms with Gasteiger partial charge in [0.05, 0.1) is 5.01 Å². The normalized spacial score (nSPS) is 11.2. The molecule has 3 rings (SSSR count). The van der Waals surface area contributed by atoms with Crippen LogP contribution in [0.4, 0.5) is 4.39 Å². The Kier molecular flexibility index (Phi) is 4.92. The van der Waals surface area contributed by atoms with Crippen LogP contribution in [0.2, 0.25) is 0 Å². The Hall–Kier alpha value is -1.81. The fraction of sp³-hybridized carbons (Fsp3) is 0.235. The Morgan fingerprint density at radius 3 is 2.76 bits per heavy atom. The van der Waals surface area contributed by atoms with Crippen molar-refractivity contribution in [1.82, 2.24) is 9.55 Å². The zero-order valence-corrected chi connectivity index (χ0v) is 16.4. The fourth-order valence-corrected chi connectivity index (χ4v) is 4.13. The highest BCUT2D eigenvalue weighted by Gasteiger charge is 2.24. The van der Waals surface area contributed by atoms with E-state index in [-0.39, 0.29) is 28.8 Å². The van der Waals surface area contributed by atoms with Crippen LogP contribution in [0.3, 0.4) is 0 Å². The molecule has 0 radical (unpaired) electrons. The molecule has 0 aliphatic carbocycles. The first-order valence-electron chi connectivity index (χ1n) is 7.52. The Labute approximate surface area is 160 Å². The molecular formula is C17H14FIN2O3S. The molecule has 2 heterocycles. The van der Waals surface area contributed by atoms with E-state index < -0.39 is 11.8 Å². The van der Waals surface area contributed by atoms with Gasteiger partial charge in [-0.15, -0.1) is 11.3 Å². The van der Waals surface area contributed by atoms with E-state index in [0.717, 1.165) is 3.57 Å². The summed E-state index contributed by atoms with van der Waals surface area (Å²) in [6.07, 6.45) is 0.619. The smallest absolute Gasteiger partial charge is 0.339 e. The van der Waals surface area contributed by atoms with Crippen LogP contribution >= 0.6 is 33.9 Å². The first-order chi connectivity index (χ1) is 11.8. The molecule has 0 saturated heterocycles. The summed E-state index contributed by atoms with van der Waals surface area (Å²) in [6.45, 7) is 1.89. The summed E-state index contributed by atoms with van der Waals surface area (Å²) < 4.78 is 16.6. The van der Waals surface area contributed by atoms with Crippen molar-refractivity contribution in [3.8, 4) is 0 Å². The quantitative estimate of drug-likeness (QED) is 0.590. The monoisotopic (exact) mass is 472 g/mol. The zero-order chi connectivity index (χ0) is 18.3. The Morgan fingerprint density at radius 1 is 1.44 bits per heavy atom. The van der Waals surface area contributed by atoms with Gasteiger partial charge in [-0.3, -0.25) is 4.79 Å². The second-order valence-corrected chi connectivity index (χ2v) is 7.87. The van der Waals surface area contributed by atoms with Crippen molar-refractivity contribution < 1.29 is 14.3 Å². The van der Waals surface area contributed by atoms with Gasteiger partial charge in [0.25, 0.3) is 5.56 Å². The lowest BCUT2D eigenvalue weighted by molar-refractivity contribution is 0.0696. The highest BCUT2D eigenvalue weighted by Crippen LogP contribution is 2.27. The molecule has 130 valence electrons. The van der Waals surface area contributed by atoms with Crippen molar-refractivity contribution in [2.75, 3.05) is 0 Å². The maximum atomic E-state index is 14.2. The molecule has 3 aromatic rings. The Bertz CT molecular complexity index is 1060. The van der Waals surface area contributed by atoms with E-state index in [2.05, 4.69) is 4.98 Å². The van der Waals surface area contributed by atoms with E-state index >= 15 is 0 Å². The molecule has 0 aliphatic heterocycles. The fourth-order valence-electron chi connectivity index (χ4n) is 2.69. The lowest BCUT2D eigenvalue weighted by Crippen LogP contribution is -2.24. The average Bonchev–Trinajstić information content (AvgIpc) is 2.98. The number of thiazole rings is 1. The summed E-state index contributed by atoms with van der Waals surface area (Å²) in [5.41, 5.74) is 0.434. The number of hydrogen-bond acceptors (Lipinski definition) is 4. The minimum atomic E-state index is -1.17. The number of aromatic carboxylic acids is 1. The molecule has 0 amide bonds. The number of nitrogens with zero attached hydrogens (tertiary/aromatic N) is 2. The number of carboxylic acids is 1. The van der Waals surface area contributed by atoms with E-state index in [4.69, 9.17) is 0 Å². The number of fused-ring (bicyclic) bond motifs is 1. The first-order valence-corrected chi connectivity index (χ1v) is 9.41. The maximum absolute atomic E-state index is 14.2. The zero-order valence-electron chi connectivity index (χ0n) is 13.5. The van der Waals surface area contributed by atoms with Crippen LogP contribution < -0.4 is 5.56 Å². The third kappa shape index (κ3) is 3.20. The molecule has 0 bridgehead atoms. The van der Waals surface area contributed by atoms with Crippen LogP contribution in [0.1, 0.15) is 33.5 Å². The van der Waals surface area contributed by atoms with Gasteiger partial charge in [0, 0.05) is 22.7 Å². The molecule has 0 saturated carbocycles. The highest BCUT2D eigenvalue weighted by atomic mass is 127. The van der Waals surface area contributed by atoms with Gasteiger partial charge < -0.3 is 9.67 Å². The average molecular weight is 472 g/mol. The molecule has 0 spiro atoms. The van der Waals surface area contributed by atoms with E-state index in [0.29, 0.717) is 21.7 Å². The molecular weight excluding hydrogens is 458 g/mol. The summed E-state index contributed by atoms with van der Waals surface area (Å²) in [5, 5.41) is 10.4. The minimum Gasteiger partial charge on any atom is -0.478 e. The van der Waals surface area contributed by atoms with Gasteiger partial charge in [-0.1, -0.05) is 13.0 Å². The van der Waals surface area contributed by atoms with Crippen LogP contribution in [-0.2, 0) is 19.9 Å². The molecule has 0 unspecified atom stereocenters. The van der Waals surface area contributed by atoms with Crippen molar-refractivity contribution in [1.29, 1.82) is 0 Å². The van der Waals surface area contributed by atoms with Crippen molar-refractivity contribution >= 4 is 50.1 Å². The molecule has 2 aromatic heterocycles. The number of carboxylic acid groups (broad SMARTS) is 1. The number of carbonyl (C=O) groups is 1. The third-order valence-corrected chi connectivity index (χ3v) is 5.85. The topological polar surface area (TPSA) is 72.2 Å². The van der Waals surface area contributed by atoms with E-state index in [1.807, 2.05) is 29.5 Å². The second kappa shape index (κ2) is 6.83. The summed E-state index contributed by atoms with van der Waals surface area (Å²) >= 11 is 3.21. The summed E-state index contributed by atoms with van der Waals surface area (Å²) in [6, 6.07) is 4.73. The summed E-state index contributed by atoms with van der Waals surface area (Å²) in [7, 11) is 1.51. The predicted octanol–water partition coefficient (Wildman–Crippen LogP) is 3.59. The minimum absolute atomic E-state index is 0.00501. The summed E-state index contributed by atoms with van der Waals surface area (Å²) in [5.74, 6) is -1.60. The SMILES string of the molecule is CCc1nc2c(C(=O)O)c(Cc3ccc(I)cc3F)n(C)c(=O)c2s1. The predicted molar refractivity (Wildman–Crippen MR) is 103 cm³/mol. The van der Waals surface area contributed by atoms with E-state index in [1.54, 1.807) is 12.1 Å². The van der Waals surface area contributed by atoms with Crippen molar-refractivity contribution in [2.45, 2.75) is 19.8 Å². The van der Waals surface area contributed by atoms with Gasteiger partial charge >= 0.3 is 5.97 Å². The second-order valence-electron chi connectivity index (χ2n) is 5.54. The lowest BCUT2D eigenvalue weighted by atomic mass is 10.0. The molecule has 0 aliphatic rings. The molecule has 1 N–H and O–H groups in total.